The quantitative estimate of drug-likeness (QED) is 0.416. The van der Waals surface area contributed by atoms with Crippen LogP contribution in [0.1, 0.15) is 41.3 Å². The Hall–Kier alpha value is -1.92. The minimum Gasteiger partial charge on any atom is -0.357 e. The summed E-state index contributed by atoms with van der Waals surface area (Å²) >= 11 is 1.75. The highest BCUT2D eigenvalue weighted by Crippen LogP contribution is 2.18. The van der Waals surface area contributed by atoms with E-state index >= 15 is 0 Å². The standard InChI is InChI=1S/C21H31N5S/c1-3-19-14-24-20(27-19)15-25-21(22-4-2)23-11-7-12-26-13-10-17-8-5-6-9-18(17)16-26/h5-6,8-9,14H,3-4,7,10-13,15-16H2,1-2H3,(H2,22,23,25). The molecule has 0 saturated carbocycles. The number of nitrogens with zero attached hydrogens (tertiary/aromatic N) is 3. The van der Waals surface area contributed by atoms with Crippen LogP contribution in [0.15, 0.2) is 35.5 Å². The molecule has 0 aliphatic carbocycles. The van der Waals surface area contributed by atoms with Gasteiger partial charge in [-0.25, -0.2) is 9.98 Å². The van der Waals surface area contributed by atoms with Crippen molar-refractivity contribution in [1.29, 1.82) is 0 Å². The van der Waals surface area contributed by atoms with Crippen LogP contribution in [0.2, 0.25) is 0 Å². The lowest BCUT2D eigenvalue weighted by atomic mass is 10.00. The van der Waals surface area contributed by atoms with Crippen LogP contribution in [-0.4, -0.2) is 42.0 Å². The summed E-state index contributed by atoms with van der Waals surface area (Å²) in [7, 11) is 0. The van der Waals surface area contributed by atoms with Crippen molar-refractivity contribution in [1.82, 2.24) is 20.5 Å². The first-order valence-electron chi connectivity index (χ1n) is 10.0. The largest absolute Gasteiger partial charge is 0.357 e. The Bertz CT molecular complexity index is 740. The Balaban J connectivity index is 1.41. The molecule has 2 heterocycles. The minimum atomic E-state index is 0.642. The Morgan fingerprint density at radius 1 is 1.22 bits per heavy atom. The Labute approximate surface area is 166 Å². The highest BCUT2D eigenvalue weighted by molar-refractivity contribution is 7.11. The van der Waals surface area contributed by atoms with Gasteiger partial charge in [-0.15, -0.1) is 11.3 Å². The van der Waals surface area contributed by atoms with Crippen LogP contribution in [0.25, 0.3) is 0 Å². The number of aliphatic imine (C=N–C) groups is 1. The van der Waals surface area contributed by atoms with Crippen LogP contribution >= 0.6 is 11.3 Å². The predicted octanol–water partition coefficient (Wildman–Crippen LogP) is 3.21. The Morgan fingerprint density at radius 3 is 2.85 bits per heavy atom. The molecule has 0 unspecified atom stereocenters. The van der Waals surface area contributed by atoms with E-state index in [9.17, 15) is 0 Å². The first kappa shape index (κ1) is 19.8. The van der Waals surface area contributed by atoms with E-state index in [1.807, 2.05) is 6.20 Å². The minimum absolute atomic E-state index is 0.642. The molecule has 1 aromatic carbocycles. The third-order valence-electron chi connectivity index (χ3n) is 4.82. The summed E-state index contributed by atoms with van der Waals surface area (Å²) in [5.41, 5.74) is 3.00. The molecule has 146 valence electrons. The van der Waals surface area contributed by atoms with Crippen LogP contribution < -0.4 is 10.6 Å². The molecule has 0 atom stereocenters. The third-order valence-corrected chi connectivity index (χ3v) is 5.95. The van der Waals surface area contributed by atoms with Crippen LogP contribution in [0.5, 0.6) is 0 Å². The van der Waals surface area contributed by atoms with Gasteiger partial charge in [0.2, 0.25) is 0 Å². The zero-order valence-corrected chi connectivity index (χ0v) is 17.3. The van der Waals surface area contributed by atoms with Gasteiger partial charge in [0.05, 0.1) is 6.54 Å². The molecule has 1 aliphatic rings. The molecule has 27 heavy (non-hydrogen) atoms. The number of aryl methyl sites for hydroxylation is 1. The molecule has 0 saturated heterocycles. The van der Waals surface area contributed by atoms with Crippen molar-refractivity contribution in [3.63, 3.8) is 0 Å². The fraction of sp³-hybridized carbons (Fsp3) is 0.524. The summed E-state index contributed by atoms with van der Waals surface area (Å²) in [6.07, 6.45) is 5.29. The molecule has 1 aromatic heterocycles. The molecule has 1 aliphatic heterocycles. The maximum Gasteiger partial charge on any atom is 0.191 e. The maximum absolute atomic E-state index is 4.67. The van der Waals surface area contributed by atoms with Gasteiger partial charge >= 0.3 is 0 Å². The fourth-order valence-corrected chi connectivity index (χ4v) is 4.11. The molecule has 2 N–H and O–H groups in total. The van der Waals surface area contributed by atoms with Gasteiger partial charge in [0, 0.05) is 43.8 Å². The SMILES string of the molecule is CCNC(=NCc1ncc(CC)s1)NCCCN1CCc2ccccc2C1. The fourth-order valence-electron chi connectivity index (χ4n) is 3.33. The van der Waals surface area contributed by atoms with Crippen molar-refractivity contribution in [2.45, 2.75) is 46.2 Å². The summed E-state index contributed by atoms with van der Waals surface area (Å²) in [5, 5.41) is 7.87. The molecule has 6 heteroatoms. The molecule has 0 spiro atoms. The number of fused-ring (bicyclic) bond motifs is 1. The van der Waals surface area contributed by atoms with Crippen molar-refractivity contribution in [3.8, 4) is 0 Å². The zero-order valence-electron chi connectivity index (χ0n) is 16.5. The molecule has 0 radical (unpaired) electrons. The van der Waals surface area contributed by atoms with E-state index in [1.165, 1.54) is 22.4 Å². The number of hydrogen-bond acceptors (Lipinski definition) is 4. The first-order chi connectivity index (χ1) is 13.3. The van der Waals surface area contributed by atoms with Gasteiger partial charge in [-0.1, -0.05) is 31.2 Å². The molecule has 2 aromatic rings. The van der Waals surface area contributed by atoms with Crippen molar-refractivity contribution < 1.29 is 0 Å². The number of nitrogens with one attached hydrogen (secondary N) is 2. The molecule has 0 amide bonds. The predicted molar refractivity (Wildman–Crippen MR) is 114 cm³/mol. The lowest BCUT2D eigenvalue weighted by Crippen LogP contribution is -2.39. The van der Waals surface area contributed by atoms with Gasteiger partial charge in [-0.05, 0) is 37.3 Å². The van der Waals surface area contributed by atoms with Gasteiger partial charge in [0.15, 0.2) is 5.96 Å². The van der Waals surface area contributed by atoms with E-state index in [0.717, 1.165) is 56.5 Å². The average molecular weight is 386 g/mol. The number of hydrogen-bond donors (Lipinski definition) is 2. The van der Waals surface area contributed by atoms with Crippen molar-refractivity contribution >= 4 is 17.3 Å². The highest BCUT2D eigenvalue weighted by atomic mass is 32.1. The van der Waals surface area contributed by atoms with Gasteiger partial charge in [-0.3, -0.25) is 4.90 Å². The first-order valence-corrected chi connectivity index (χ1v) is 10.8. The maximum atomic E-state index is 4.67. The van der Waals surface area contributed by atoms with Crippen LogP contribution in [0.3, 0.4) is 0 Å². The van der Waals surface area contributed by atoms with Gasteiger partial charge in [0.1, 0.15) is 5.01 Å². The number of aromatic nitrogens is 1. The summed E-state index contributed by atoms with van der Waals surface area (Å²) in [6.45, 7) is 10.1. The van der Waals surface area contributed by atoms with Crippen molar-refractivity contribution in [3.05, 3.63) is 51.5 Å². The molecular weight excluding hydrogens is 354 g/mol. The molecular formula is C21H31N5S. The summed E-state index contributed by atoms with van der Waals surface area (Å²) in [4.78, 5) is 13.0. The van der Waals surface area contributed by atoms with Gasteiger partial charge < -0.3 is 10.6 Å². The number of rotatable bonds is 8. The number of benzene rings is 1. The number of guanidine groups is 1. The summed E-state index contributed by atoms with van der Waals surface area (Å²) < 4.78 is 0. The summed E-state index contributed by atoms with van der Waals surface area (Å²) in [5.74, 6) is 0.884. The van der Waals surface area contributed by atoms with Crippen LogP contribution in [-0.2, 0) is 25.9 Å². The Kier molecular flexibility index (Phi) is 7.66. The topological polar surface area (TPSA) is 52.6 Å². The van der Waals surface area contributed by atoms with Crippen molar-refractivity contribution in [2.24, 2.45) is 4.99 Å². The lowest BCUT2D eigenvalue weighted by molar-refractivity contribution is 0.251. The van der Waals surface area contributed by atoms with E-state index in [-0.39, 0.29) is 0 Å². The molecule has 0 bridgehead atoms. The van der Waals surface area contributed by atoms with Crippen LogP contribution in [0.4, 0.5) is 0 Å². The molecule has 3 rings (SSSR count). The summed E-state index contributed by atoms with van der Waals surface area (Å²) in [6, 6.07) is 8.82. The molecule has 5 nitrogen and oxygen atoms in total. The molecule has 0 fully saturated rings. The third kappa shape index (κ3) is 6.04. The van der Waals surface area contributed by atoms with E-state index in [4.69, 9.17) is 0 Å². The highest BCUT2D eigenvalue weighted by Gasteiger charge is 2.14. The van der Waals surface area contributed by atoms with Crippen LogP contribution in [0, 0.1) is 0 Å². The van der Waals surface area contributed by atoms with Gasteiger partial charge in [-0.2, -0.15) is 0 Å². The van der Waals surface area contributed by atoms with E-state index in [0.29, 0.717) is 6.54 Å². The average Bonchev–Trinajstić information content (AvgIpc) is 3.17. The van der Waals surface area contributed by atoms with Crippen molar-refractivity contribution in [2.75, 3.05) is 26.2 Å². The lowest BCUT2D eigenvalue weighted by Gasteiger charge is -2.28. The van der Waals surface area contributed by atoms with E-state index in [2.05, 4.69) is 63.6 Å². The monoisotopic (exact) mass is 385 g/mol. The normalized spacial score (nSPS) is 14.8. The van der Waals surface area contributed by atoms with E-state index < -0.39 is 0 Å². The smallest absolute Gasteiger partial charge is 0.191 e. The zero-order chi connectivity index (χ0) is 18.9. The second-order valence-corrected chi connectivity index (χ2v) is 8.04. The Morgan fingerprint density at radius 2 is 2.07 bits per heavy atom. The second-order valence-electron chi connectivity index (χ2n) is 6.84. The van der Waals surface area contributed by atoms with Gasteiger partial charge in [0.25, 0.3) is 0 Å². The van der Waals surface area contributed by atoms with E-state index in [1.54, 1.807) is 11.3 Å². The second kappa shape index (κ2) is 10.4. The number of thiazole rings is 1.